The van der Waals surface area contributed by atoms with Crippen LogP contribution in [0.25, 0.3) is 0 Å². The molecule has 0 unspecified atom stereocenters. The average Bonchev–Trinajstić information content (AvgIpc) is 2.91. The number of ketones is 1. The van der Waals surface area contributed by atoms with E-state index < -0.39 is 11.9 Å². The molecular weight excluding hydrogens is 466 g/mol. The zero-order valence-corrected chi connectivity index (χ0v) is 22.4. The van der Waals surface area contributed by atoms with Gasteiger partial charge in [-0.1, -0.05) is 50.2 Å². The van der Waals surface area contributed by atoms with Gasteiger partial charge in [0.05, 0.1) is 25.4 Å². The first kappa shape index (κ1) is 26.5. The number of benzene rings is 2. The van der Waals surface area contributed by atoms with Gasteiger partial charge in [0.2, 0.25) is 0 Å². The second-order valence-electron chi connectivity index (χ2n) is 9.81. The van der Waals surface area contributed by atoms with Gasteiger partial charge >= 0.3 is 5.97 Å². The molecule has 6 heteroatoms. The van der Waals surface area contributed by atoms with E-state index in [0.717, 1.165) is 23.2 Å². The summed E-state index contributed by atoms with van der Waals surface area (Å²) in [5.41, 5.74) is 4.63. The molecule has 37 heavy (non-hydrogen) atoms. The number of allylic oxidation sites excluding steroid dienone is 3. The third-order valence-corrected chi connectivity index (χ3v) is 7.18. The molecular formula is C31H37NO5. The number of hydrogen-bond donors (Lipinski definition) is 1. The number of nitrogens with one attached hydrogen (secondary N) is 1. The van der Waals surface area contributed by atoms with Crippen molar-refractivity contribution in [2.24, 2.45) is 0 Å². The maximum absolute atomic E-state index is 13.8. The van der Waals surface area contributed by atoms with E-state index >= 15 is 0 Å². The first-order valence-corrected chi connectivity index (χ1v) is 13.2. The van der Waals surface area contributed by atoms with Gasteiger partial charge in [-0.05, 0) is 62.3 Å². The van der Waals surface area contributed by atoms with Gasteiger partial charge in [0.25, 0.3) is 0 Å². The summed E-state index contributed by atoms with van der Waals surface area (Å²) < 4.78 is 17.3. The molecule has 1 heterocycles. The van der Waals surface area contributed by atoms with E-state index in [0.29, 0.717) is 54.2 Å². The Bertz CT molecular complexity index is 1210. The summed E-state index contributed by atoms with van der Waals surface area (Å²) in [5.74, 6) is 0.384. The van der Waals surface area contributed by atoms with Crippen molar-refractivity contribution in [3.63, 3.8) is 0 Å². The van der Waals surface area contributed by atoms with E-state index in [9.17, 15) is 9.59 Å². The first-order chi connectivity index (χ1) is 17.9. The highest BCUT2D eigenvalue weighted by Crippen LogP contribution is 2.47. The first-order valence-electron chi connectivity index (χ1n) is 13.2. The van der Waals surface area contributed by atoms with Crippen LogP contribution in [0.5, 0.6) is 11.5 Å². The lowest BCUT2D eigenvalue weighted by molar-refractivity contribution is -0.144. The van der Waals surface area contributed by atoms with E-state index in [1.807, 2.05) is 64.1 Å². The van der Waals surface area contributed by atoms with Crippen molar-refractivity contribution in [1.29, 1.82) is 0 Å². The summed E-state index contributed by atoms with van der Waals surface area (Å²) in [6.45, 7) is 8.36. The normalized spacial score (nSPS) is 20.2. The third-order valence-electron chi connectivity index (χ3n) is 7.18. The Morgan fingerprint density at radius 1 is 1.05 bits per heavy atom. The van der Waals surface area contributed by atoms with Gasteiger partial charge in [0, 0.05) is 29.3 Å². The van der Waals surface area contributed by atoms with Crippen molar-refractivity contribution in [2.75, 3.05) is 13.7 Å². The van der Waals surface area contributed by atoms with Crippen LogP contribution in [0.15, 0.2) is 71.1 Å². The minimum Gasteiger partial charge on any atom is -0.493 e. The van der Waals surface area contributed by atoms with Gasteiger partial charge in [-0.15, -0.1) is 0 Å². The zero-order valence-electron chi connectivity index (χ0n) is 22.4. The van der Waals surface area contributed by atoms with Crippen LogP contribution in [-0.4, -0.2) is 31.6 Å². The van der Waals surface area contributed by atoms with Crippen LogP contribution in [0.1, 0.15) is 76.3 Å². The highest BCUT2D eigenvalue weighted by atomic mass is 16.5. The molecule has 0 bridgehead atoms. The molecule has 0 amide bonds. The van der Waals surface area contributed by atoms with Gasteiger partial charge in [0.15, 0.2) is 17.3 Å². The van der Waals surface area contributed by atoms with Gasteiger partial charge in [-0.3, -0.25) is 4.79 Å². The molecule has 4 rings (SSSR count). The molecule has 2 aliphatic rings. The third kappa shape index (κ3) is 5.58. The van der Waals surface area contributed by atoms with E-state index in [1.165, 1.54) is 0 Å². The van der Waals surface area contributed by atoms with Crippen LogP contribution in [0.4, 0.5) is 0 Å². The minimum absolute atomic E-state index is 0.0409. The summed E-state index contributed by atoms with van der Waals surface area (Å²) in [5, 5.41) is 3.42. The van der Waals surface area contributed by atoms with E-state index in [1.54, 1.807) is 7.11 Å². The molecule has 1 aliphatic heterocycles. The second kappa shape index (κ2) is 11.7. The molecule has 196 valence electrons. The minimum atomic E-state index is -0.550. The van der Waals surface area contributed by atoms with Crippen LogP contribution in [0.2, 0.25) is 0 Å². The van der Waals surface area contributed by atoms with E-state index in [4.69, 9.17) is 14.2 Å². The summed E-state index contributed by atoms with van der Waals surface area (Å²) in [4.78, 5) is 27.3. The molecule has 6 nitrogen and oxygen atoms in total. The van der Waals surface area contributed by atoms with E-state index in [2.05, 4.69) is 17.4 Å². The number of methoxy groups -OCH3 is 1. The number of dihydropyridines is 1. The number of Topliss-reactive ketones (excluding diaryl/α,β-unsaturated/α-hetero) is 1. The molecule has 0 fully saturated rings. The molecule has 0 aromatic heterocycles. The predicted octanol–water partition coefficient (Wildman–Crippen LogP) is 6.19. The SMILES string of the molecule is CCCOc1ccc([C@H]2C(C(=O)O[C@@H](C)CC)=C(C)NC3=C2C(=O)C[C@H](c2ccccc2)C3)cc1OC. The molecule has 3 atom stereocenters. The number of esters is 1. The summed E-state index contributed by atoms with van der Waals surface area (Å²) in [6, 6.07) is 15.8. The Hall–Kier alpha value is -3.54. The van der Waals surface area contributed by atoms with Crippen molar-refractivity contribution < 1.29 is 23.8 Å². The molecule has 1 aliphatic carbocycles. The smallest absolute Gasteiger partial charge is 0.337 e. The topological polar surface area (TPSA) is 73.9 Å². The fourth-order valence-electron chi connectivity index (χ4n) is 5.13. The number of carbonyl (C=O) groups excluding carboxylic acids is 2. The highest BCUT2D eigenvalue weighted by Gasteiger charge is 2.42. The van der Waals surface area contributed by atoms with Gasteiger partial charge in [-0.2, -0.15) is 0 Å². The van der Waals surface area contributed by atoms with Crippen molar-refractivity contribution in [3.8, 4) is 11.5 Å². The fourth-order valence-corrected chi connectivity index (χ4v) is 5.13. The largest absolute Gasteiger partial charge is 0.493 e. The standard InChI is InChI=1S/C31H37NO5/c1-6-15-36-26-14-13-22(18-27(26)35-5)29-28(31(34)37-19(3)7-2)20(4)32-24-16-23(17-25(33)30(24)29)21-11-9-8-10-12-21/h8-14,18-19,23,29,32H,6-7,15-17H2,1-5H3/t19-,23+,29-/m0/s1. The summed E-state index contributed by atoms with van der Waals surface area (Å²) in [6.07, 6.45) is 2.44. The van der Waals surface area contributed by atoms with Crippen LogP contribution in [0, 0.1) is 0 Å². The zero-order chi connectivity index (χ0) is 26.5. The Morgan fingerprint density at radius 2 is 1.81 bits per heavy atom. The van der Waals surface area contributed by atoms with Crippen LogP contribution < -0.4 is 14.8 Å². The number of ether oxygens (including phenoxy) is 3. The van der Waals surface area contributed by atoms with Gasteiger partial charge in [-0.25, -0.2) is 4.79 Å². The van der Waals surface area contributed by atoms with Gasteiger partial charge < -0.3 is 19.5 Å². The average molecular weight is 504 g/mol. The maximum atomic E-state index is 13.8. The fraction of sp³-hybridized carbons (Fsp3) is 0.419. The molecule has 0 radical (unpaired) electrons. The molecule has 2 aromatic rings. The van der Waals surface area contributed by atoms with Crippen molar-refractivity contribution in [2.45, 2.75) is 71.3 Å². The number of hydrogen-bond acceptors (Lipinski definition) is 6. The summed E-state index contributed by atoms with van der Waals surface area (Å²) >= 11 is 0. The van der Waals surface area contributed by atoms with Crippen LogP contribution in [-0.2, 0) is 14.3 Å². The summed E-state index contributed by atoms with van der Waals surface area (Å²) in [7, 11) is 1.60. The predicted molar refractivity (Wildman–Crippen MR) is 144 cm³/mol. The van der Waals surface area contributed by atoms with Gasteiger partial charge in [0.1, 0.15) is 0 Å². The maximum Gasteiger partial charge on any atom is 0.337 e. The Labute approximate surface area is 219 Å². The molecule has 0 saturated carbocycles. The van der Waals surface area contributed by atoms with Crippen LogP contribution >= 0.6 is 0 Å². The lowest BCUT2D eigenvalue weighted by Crippen LogP contribution is -2.36. The number of carbonyl (C=O) groups is 2. The van der Waals surface area contributed by atoms with Crippen molar-refractivity contribution in [3.05, 3.63) is 82.2 Å². The Kier molecular flexibility index (Phi) is 8.37. The Balaban J connectivity index is 1.80. The van der Waals surface area contributed by atoms with E-state index in [-0.39, 0.29) is 17.8 Å². The lowest BCUT2D eigenvalue weighted by Gasteiger charge is -2.37. The molecule has 0 spiro atoms. The second-order valence-corrected chi connectivity index (χ2v) is 9.81. The molecule has 1 N–H and O–H groups in total. The van der Waals surface area contributed by atoms with Crippen LogP contribution in [0.3, 0.4) is 0 Å². The molecule has 0 saturated heterocycles. The quantitative estimate of drug-likeness (QED) is 0.412. The lowest BCUT2D eigenvalue weighted by atomic mass is 9.71. The van der Waals surface area contributed by atoms with Crippen molar-refractivity contribution in [1.82, 2.24) is 5.32 Å². The van der Waals surface area contributed by atoms with Crippen molar-refractivity contribution >= 4 is 11.8 Å². The highest BCUT2D eigenvalue weighted by molar-refractivity contribution is 6.04. The monoisotopic (exact) mass is 503 g/mol. The number of rotatable bonds is 9. The molecule has 2 aromatic carbocycles. The Morgan fingerprint density at radius 3 is 2.49 bits per heavy atom.